The number of fused-ring (bicyclic) bond motifs is 1. The molecule has 5 heteroatoms. The largest absolute Gasteiger partial charge is 0.388 e. The van der Waals surface area contributed by atoms with Crippen LogP contribution in [0.2, 0.25) is 0 Å². The topological polar surface area (TPSA) is 57.6 Å². The summed E-state index contributed by atoms with van der Waals surface area (Å²) >= 11 is 0. The fourth-order valence-electron chi connectivity index (χ4n) is 3.46. The molecule has 0 saturated heterocycles. The molecule has 0 aliphatic carbocycles. The van der Waals surface area contributed by atoms with Gasteiger partial charge in [0.05, 0.1) is 16.7 Å². The SMILES string of the molecule is Cc1ccc(S(=O)(=O)N2/C(=C/c3ccccc3)CC(O)c3ccccc32)cc1. The van der Waals surface area contributed by atoms with E-state index in [2.05, 4.69) is 0 Å². The van der Waals surface area contributed by atoms with Gasteiger partial charge in [-0.25, -0.2) is 12.7 Å². The van der Waals surface area contributed by atoms with Gasteiger partial charge in [0, 0.05) is 17.7 Å². The fourth-order valence-corrected chi connectivity index (χ4v) is 5.01. The lowest BCUT2D eigenvalue weighted by Gasteiger charge is -2.35. The van der Waals surface area contributed by atoms with Crippen LogP contribution in [-0.2, 0) is 10.0 Å². The Bertz CT molecular complexity index is 1120. The Kier molecular flexibility index (Phi) is 4.79. The normalized spacial score (nSPS) is 18.1. The molecule has 0 spiro atoms. The van der Waals surface area contributed by atoms with E-state index in [1.54, 1.807) is 42.5 Å². The molecule has 28 heavy (non-hydrogen) atoms. The first-order valence-corrected chi connectivity index (χ1v) is 10.6. The molecule has 4 nitrogen and oxygen atoms in total. The summed E-state index contributed by atoms with van der Waals surface area (Å²) in [5.41, 5.74) is 3.52. The van der Waals surface area contributed by atoms with Crippen LogP contribution in [0.15, 0.2) is 89.5 Å². The zero-order chi connectivity index (χ0) is 19.7. The monoisotopic (exact) mass is 391 g/mol. The van der Waals surface area contributed by atoms with Crippen molar-refractivity contribution in [3.05, 3.63) is 101 Å². The summed E-state index contributed by atoms with van der Waals surface area (Å²) in [6.07, 6.45) is 1.29. The minimum absolute atomic E-state index is 0.219. The van der Waals surface area contributed by atoms with Gasteiger partial charge < -0.3 is 5.11 Å². The third-order valence-corrected chi connectivity index (χ3v) is 6.65. The summed E-state index contributed by atoms with van der Waals surface area (Å²) in [5, 5.41) is 10.6. The lowest BCUT2D eigenvalue weighted by atomic mass is 9.97. The molecule has 0 saturated carbocycles. The molecule has 3 aromatic carbocycles. The second-order valence-corrected chi connectivity index (χ2v) is 8.69. The summed E-state index contributed by atoms with van der Waals surface area (Å²) < 4.78 is 28.5. The number of para-hydroxylation sites is 1. The van der Waals surface area contributed by atoms with Crippen molar-refractivity contribution < 1.29 is 13.5 Å². The van der Waals surface area contributed by atoms with Crippen molar-refractivity contribution in [1.82, 2.24) is 0 Å². The summed E-state index contributed by atoms with van der Waals surface area (Å²) in [4.78, 5) is 0.225. The molecule has 0 amide bonds. The molecule has 3 aromatic rings. The molecular formula is C23H21NO3S. The highest BCUT2D eigenvalue weighted by Crippen LogP contribution is 2.42. The van der Waals surface area contributed by atoms with Crippen LogP contribution in [0.1, 0.15) is 29.2 Å². The first-order chi connectivity index (χ1) is 13.5. The van der Waals surface area contributed by atoms with Gasteiger partial charge in [0.15, 0.2) is 0 Å². The lowest BCUT2D eigenvalue weighted by molar-refractivity contribution is 0.175. The van der Waals surface area contributed by atoms with Gasteiger partial charge in [0.25, 0.3) is 10.0 Å². The van der Waals surface area contributed by atoms with Crippen molar-refractivity contribution in [2.24, 2.45) is 0 Å². The highest BCUT2D eigenvalue weighted by Gasteiger charge is 2.35. The van der Waals surface area contributed by atoms with Crippen molar-refractivity contribution in [3.63, 3.8) is 0 Å². The molecule has 1 heterocycles. The third kappa shape index (κ3) is 3.35. The van der Waals surface area contributed by atoms with Crippen molar-refractivity contribution >= 4 is 21.8 Å². The number of aliphatic hydroxyl groups excluding tert-OH is 1. The first kappa shape index (κ1) is 18.5. The number of benzene rings is 3. The average molecular weight is 391 g/mol. The Morgan fingerprint density at radius 2 is 1.57 bits per heavy atom. The highest BCUT2D eigenvalue weighted by molar-refractivity contribution is 7.93. The molecule has 1 aliphatic rings. The number of rotatable bonds is 3. The maximum absolute atomic E-state index is 13.6. The van der Waals surface area contributed by atoms with E-state index in [0.717, 1.165) is 11.1 Å². The number of anilines is 1. The van der Waals surface area contributed by atoms with E-state index in [9.17, 15) is 13.5 Å². The second-order valence-electron chi connectivity index (χ2n) is 6.91. The van der Waals surface area contributed by atoms with Crippen LogP contribution >= 0.6 is 0 Å². The molecule has 0 fully saturated rings. The summed E-state index contributed by atoms with van der Waals surface area (Å²) in [5.74, 6) is 0. The van der Waals surface area contributed by atoms with Crippen LogP contribution in [0, 0.1) is 6.92 Å². The van der Waals surface area contributed by atoms with Crippen molar-refractivity contribution in [3.8, 4) is 0 Å². The maximum atomic E-state index is 13.6. The van der Waals surface area contributed by atoms with Gasteiger partial charge in [-0.05, 0) is 36.8 Å². The Balaban J connectivity index is 1.92. The second kappa shape index (κ2) is 7.26. The van der Waals surface area contributed by atoms with Crippen LogP contribution < -0.4 is 4.31 Å². The molecule has 0 aromatic heterocycles. The number of nitrogens with zero attached hydrogens (tertiary/aromatic N) is 1. The van der Waals surface area contributed by atoms with Crippen molar-refractivity contribution in [2.45, 2.75) is 24.3 Å². The minimum atomic E-state index is -3.83. The number of aliphatic hydroxyl groups is 1. The zero-order valence-electron chi connectivity index (χ0n) is 15.5. The van der Waals surface area contributed by atoms with E-state index in [-0.39, 0.29) is 11.3 Å². The van der Waals surface area contributed by atoms with Gasteiger partial charge in [-0.15, -0.1) is 0 Å². The quantitative estimate of drug-likeness (QED) is 0.706. The number of aryl methyl sites for hydroxylation is 1. The zero-order valence-corrected chi connectivity index (χ0v) is 16.3. The van der Waals surface area contributed by atoms with E-state index in [1.807, 2.05) is 49.4 Å². The van der Waals surface area contributed by atoms with Crippen LogP contribution in [0.3, 0.4) is 0 Å². The smallest absolute Gasteiger partial charge is 0.268 e. The summed E-state index contributed by atoms with van der Waals surface area (Å²) in [6, 6.07) is 23.5. The summed E-state index contributed by atoms with van der Waals surface area (Å²) in [7, 11) is -3.83. The molecule has 0 radical (unpaired) electrons. The Morgan fingerprint density at radius 3 is 2.29 bits per heavy atom. The summed E-state index contributed by atoms with van der Waals surface area (Å²) in [6.45, 7) is 1.92. The average Bonchev–Trinajstić information content (AvgIpc) is 2.69. The fraction of sp³-hybridized carbons (Fsp3) is 0.130. The van der Waals surface area contributed by atoms with Gasteiger partial charge in [-0.3, -0.25) is 0 Å². The predicted molar refractivity (Wildman–Crippen MR) is 111 cm³/mol. The van der Waals surface area contributed by atoms with Gasteiger partial charge in [0.1, 0.15) is 0 Å². The van der Waals surface area contributed by atoms with Gasteiger partial charge in [-0.1, -0.05) is 66.2 Å². The molecule has 0 bridgehead atoms. The molecule has 142 valence electrons. The van der Waals surface area contributed by atoms with E-state index < -0.39 is 16.1 Å². The van der Waals surface area contributed by atoms with E-state index in [4.69, 9.17) is 0 Å². The van der Waals surface area contributed by atoms with Crippen LogP contribution in [0.5, 0.6) is 0 Å². The van der Waals surface area contributed by atoms with Gasteiger partial charge >= 0.3 is 0 Å². The van der Waals surface area contributed by atoms with E-state index >= 15 is 0 Å². The molecule has 1 aliphatic heterocycles. The molecular weight excluding hydrogens is 370 g/mol. The molecule has 4 rings (SSSR count). The number of hydrogen-bond donors (Lipinski definition) is 1. The maximum Gasteiger partial charge on any atom is 0.268 e. The first-order valence-electron chi connectivity index (χ1n) is 9.11. The number of sulfonamides is 1. The standard InChI is InChI=1S/C23H21NO3S/c1-17-11-13-20(14-12-17)28(26,27)24-19(15-18-7-3-2-4-8-18)16-23(25)21-9-5-6-10-22(21)24/h2-15,23,25H,16H2,1H3/b19-15+. The molecule has 1 N–H and O–H groups in total. The minimum Gasteiger partial charge on any atom is -0.388 e. The Morgan fingerprint density at radius 1 is 0.929 bits per heavy atom. The van der Waals surface area contributed by atoms with Gasteiger partial charge in [0.2, 0.25) is 0 Å². The van der Waals surface area contributed by atoms with Crippen LogP contribution in [-0.4, -0.2) is 13.5 Å². The molecule has 1 unspecified atom stereocenters. The van der Waals surface area contributed by atoms with Gasteiger partial charge in [-0.2, -0.15) is 0 Å². The number of hydrogen-bond acceptors (Lipinski definition) is 3. The van der Waals surface area contributed by atoms with Crippen molar-refractivity contribution in [2.75, 3.05) is 4.31 Å². The molecule has 1 atom stereocenters. The van der Waals surface area contributed by atoms with Crippen molar-refractivity contribution in [1.29, 1.82) is 0 Å². The highest BCUT2D eigenvalue weighted by atomic mass is 32.2. The van der Waals surface area contributed by atoms with Crippen LogP contribution in [0.25, 0.3) is 6.08 Å². The van der Waals surface area contributed by atoms with E-state index in [0.29, 0.717) is 16.9 Å². The van der Waals surface area contributed by atoms with E-state index in [1.165, 1.54) is 4.31 Å². The Hall–Kier alpha value is -2.89. The van der Waals surface area contributed by atoms with Crippen LogP contribution in [0.4, 0.5) is 5.69 Å². The lowest BCUT2D eigenvalue weighted by Crippen LogP contribution is -2.35. The predicted octanol–water partition coefficient (Wildman–Crippen LogP) is 4.67. The Labute approximate surface area is 165 Å². The third-order valence-electron chi connectivity index (χ3n) is 4.87.